The van der Waals surface area contributed by atoms with Gasteiger partial charge in [0.05, 0.1) is 36.3 Å². The van der Waals surface area contributed by atoms with Gasteiger partial charge >= 0.3 is 0 Å². The molecule has 2 aromatic rings. The number of hydrogen-bond acceptors (Lipinski definition) is 7. The summed E-state index contributed by atoms with van der Waals surface area (Å²) in [6.45, 7) is 7.91. The predicted octanol–water partition coefficient (Wildman–Crippen LogP) is 1.77. The molecule has 0 bridgehead atoms. The Bertz CT molecular complexity index is 1000. The van der Waals surface area contributed by atoms with E-state index >= 15 is 0 Å². The number of aliphatic hydroxyl groups is 1. The lowest BCUT2D eigenvalue weighted by molar-refractivity contribution is -0.140. The molecule has 0 saturated carbocycles. The Morgan fingerprint density at radius 1 is 1.23 bits per heavy atom. The highest BCUT2D eigenvalue weighted by Gasteiger charge is 2.47. The lowest BCUT2D eigenvalue weighted by atomic mass is 9.98. The fourth-order valence-electron chi connectivity index (χ4n) is 4.39. The third kappa shape index (κ3) is 3.90. The fraction of sp³-hybridized carbons (Fsp3) is 0.500. The summed E-state index contributed by atoms with van der Waals surface area (Å²) >= 11 is 0. The molecule has 4 heterocycles. The molecule has 166 valence electrons. The number of nitrogens with zero attached hydrogens (tertiary/aromatic N) is 4. The van der Waals surface area contributed by atoms with E-state index in [4.69, 9.17) is 9.15 Å². The summed E-state index contributed by atoms with van der Waals surface area (Å²) in [6, 6.07) is 2.67. The second-order valence-corrected chi connectivity index (χ2v) is 7.98. The SMILES string of the molecule is Cc1nn(C)c(C)c1/C(O)=C1\C(=O)C(=O)N(CCCN2CCOCC2)C1c1ccco1. The highest BCUT2D eigenvalue weighted by atomic mass is 16.5. The number of carbonyl (C=O) groups is 2. The Kier molecular flexibility index (Phi) is 5.97. The minimum atomic E-state index is -0.765. The standard InChI is InChI=1S/C22H28N4O5/c1-14-17(15(2)24(3)23-14)20(27)18-19(16-6-4-11-31-16)26(22(29)21(18)28)8-5-7-25-9-12-30-13-10-25/h4,6,11,19,27H,5,7-10,12-13H2,1-3H3/b20-18+. The maximum absolute atomic E-state index is 13.0. The second-order valence-electron chi connectivity index (χ2n) is 7.98. The number of rotatable bonds is 6. The first-order valence-corrected chi connectivity index (χ1v) is 10.5. The van der Waals surface area contributed by atoms with Crippen LogP contribution in [0.15, 0.2) is 28.4 Å². The number of Topliss-reactive ketones (excluding diaryl/α,β-unsaturated/α-hetero) is 1. The van der Waals surface area contributed by atoms with Crippen molar-refractivity contribution in [3.8, 4) is 0 Å². The van der Waals surface area contributed by atoms with Gasteiger partial charge in [0.1, 0.15) is 17.6 Å². The van der Waals surface area contributed by atoms with Gasteiger partial charge in [-0.25, -0.2) is 0 Å². The first-order valence-electron chi connectivity index (χ1n) is 10.5. The zero-order chi connectivity index (χ0) is 22.1. The Balaban J connectivity index is 1.66. The highest BCUT2D eigenvalue weighted by Crippen LogP contribution is 2.40. The first-order chi connectivity index (χ1) is 14.9. The van der Waals surface area contributed by atoms with E-state index in [0.29, 0.717) is 48.9 Å². The summed E-state index contributed by atoms with van der Waals surface area (Å²) in [5.41, 5.74) is 1.83. The van der Waals surface area contributed by atoms with Gasteiger partial charge < -0.3 is 19.2 Å². The van der Waals surface area contributed by atoms with Crippen LogP contribution >= 0.6 is 0 Å². The molecule has 2 saturated heterocycles. The summed E-state index contributed by atoms with van der Waals surface area (Å²) in [6.07, 6.45) is 2.21. The molecule has 1 N–H and O–H groups in total. The monoisotopic (exact) mass is 428 g/mol. The highest BCUT2D eigenvalue weighted by molar-refractivity contribution is 6.46. The van der Waals surface area contributed by atoms with Gasteiger partial charge in [0.25, 0.3) is 11.7 Å². The molecule has 0 aliphatic carbocycles. The Labute approximate surface area is 180 Å². The van der Waals surface area contributed by atoms with Gasteiger partial charge in [-0.05, 0) is 32.4 Å². The molecule has 0 spiro atoms. The number of likely N-dealkylation sites (tertiary alicyclic amines) is 1. The van der Waals surface area contributed by atoms with Crippen LogP contribution in [0.25, 0.3) is 5.76 Å². The van der Waals surface area contributed by atoms with Crippen LogP contribution in [-0.4, -0.2) is 75.8 Å². The normalized spacial score (nSPS) is 21.9. The molecule has 1 atom stereocenters. The quantitative estimate of drug-likeness (QED) is 0.425. The van der Waals surface area contributed by atoms with Crippen LogP contribution in [0.4, 0.5) is 0 Å². The van der Waals surface area contributed by atoms with Gasteiger partial charge in [-0.2, -0.15) is 5.10 Å². The summed E-state index contributed by atoms with van der Waals surface area (Å²) < 4.78 is 12.6. The molecule has 9 heteroatoms. The van der Waals surface area contributed by atoms with E-state index < -0.39 is 17.7 Å². The van der Waals surface area contributed by atoms with E-state index in [1.165, 1.54) is 11.2 Å². The molecule has 1 unspecified atom stereocenters. The number of aliphatic hydroxyl groups excluding tert-OH is 1. The van der Waals surface area contributed by atoms with Gasteiger partial charge in [-0.1, -0.05) is 0 Å². The number of carbonyl (C=O) groups excluding carboxylic acids is 2. The molecular weight excluding hydrogens is 400 g/mol. The first kappa shape index (κ1) is 21.3. The zero-order valence-corrected chi connectivity index (χ0v) is 18.1. The topological polar surface area (TPSA) is 101 Å². The average molecular weight is 428 g/mol. The molecule has 0 radical (unpaired) electrons. The van der Waals surface area contributed by atoms with Crippen LogP contribution < -0.4 is 0 Å². The van der Waals surface area contributed by atoms with Crippen LogP contribution in [-0.2, 0) is 21.4 Å². The lowest BCUT2D eigenvalue weighted by Crippen LogP contribution is -2.38. The van der Waals surface area contributed by atoms with Gasteiger partial charge in [0.2, 0.25) is 0 Å². The van der Waals surface area contributed by atoms with Crippen LogP contribution in [0.1, 0.15) is 35.2 Å². The van der Waals surface area contributed by atoms with E-state index in [1.54, 1.807) is 30.8 Å². The number of aryl methyl sites for hydroxylation is 2. The number of hydrogen-bond donors (Lipinski definition) is 1. The van der Waals surface area contributed by atoms with E-state index in [1.807, 2.05) is 6.92 Å². The van der Waals surface area contributed by atoms with Crippen molar-refractivity contribution in [1.82, 2.24) is 19.6 Å². The smallest absolute Gasteiger partial charge is 0.295 e. The van der Waals surface area contributed by atoms with Crippen LogP contribution in [0.5, 0.6) is 0 Å². The Morgan fingerprint density at radius 2 is 1.97 bits per heavy atom. The molecular formula is C22H28N4O5. The van der Waals surface area contributed by atoms with Gasteiger partial charge in [-0.3, -0.25) is 19.2 Å². The maximum atomic E-state index is 13.0. The Hall–Kier alpha value is -2.91. The van der Waals surface area contributed by atoms with Crippen molar-refractivity contribution in [3.05, 3.63) is 46.7 Å². The van der Waals surface area contributed by atoms with Crippen LogP contribution in [0, 0.1) is 13.8 Å². The molecule has 9 nitrogen and oxygen atoms in total. The van der Waals surface area contributed by atoms with Crippen molar-refractivity contribution in [1.29, 1.82) is 0 Å². The molecule has 1 amide bonds. The number of ketones is 1. The van der Waals surface area contributed by atoms with E-state index in [-0.39, 0.29) is 11.3 Å². The van der Waals surface area contributed by atoms with Gasteiger partial charge in [0, 0.05) is 38.9 Å². The minimum absolute atomic E-state index is 0.0468. The van der Waals surface area contributed by atoms with Crippen LogP contribution in [0.2, 0.25) is 0 Å². The van der Waals surface area contributed by atoms with Gasteiger partial charge in [0.15, 0.2) is 0 Å². The minimum Gasteiger partial charge on any atom is -0.507 e. The number of furan rings is 1. The van der Waals surface area contributed by atoms with E-state index in [2.05, 4.69) is 10.00 Å². The lowest BCUT2D eigenvalue weighted by Gasteiger charge is -2.28. The largest absolute Gasteiger partial charge is 0.507 e. The fourth-order valence-corrected chi connectivity index (χ4v) is 4.39. The van der Waals surface area contributed by atoms with E-state index in [0.717, 1.165) is 19.6 Å². The summed E-state index contributed by atoms with van der Waals surface area (Å²) in [5, 5.41) is 15.5. The zero-order valence-electron chi connectivity index (χ0n) is 18.1. The molecule has 0 aromatic carbocycles. The summed E-state index contributed by atoms with van der Waals surface area (Å²) in [7, 11) is 1.77. The second kappa shape index (κ2) is 8.68. The van der Waals surface area contributed by atoms with Crippen molar-refractivity contribution < 1.29 is 23.8 Å². The maximum Gasteiger partial charge on any atom is 0.295 e. The molecule has 2 aromatic heterocycles. The third-order valence-electron chi connectivity index (χ3n) is 6.08. The van der Waals surface area contributed by atoms with Crippen LogP contribution in [0.3, 0.4) is 0 Å². The van der Waals surface area contributed by atoms with Gasteiger partial charge in [-0.15, -0.1) is 0 Å². The Morgan fingerprint density at radius 3 is 2.58 bits per heavy atom. The molecule has 4 rings (SSSR count). The number of amides is 1. The van der Waals surface area contributed by atoms with Crippen molar-refractivity contribution in [2.75, 3.05) is 39.4 Å². The molecule has 2 aliphatic heterocycles. The van der Waals surface area contributed by atoms with Crippen molar-refractivity contribution in [3.63, 3.8) is 0 Å². The van der Waals surface area contributed by atoms with Crippen molar-refractivity contribution in [2.24, 2.45) is 7.05 Å². The number of ether oxygens (including phenoxy) is 1. The molecule has 2 aliphatic rings. The van der Waals surface area contributed by atoms with Crippen molar-refractivity contribution in [2.45, 2.75) is 26.3 Å². The average Bonchev–Trinajstić information content (AvgIpc) is 3.43. The van der Waals surface area contributed by atoms with Crippen molar-refractivity contribution >= 4 is 17.4 Å². The molecule has 31 heavy (non-hydrogen) atoms. The summed E-state index contributed by atoms with van der Waals surface area (Å²) in [5.74, 6) is -1.08. The predicted molar refractivity (Wildman–Crippen MR) is 112 cm³/mol. The van der Waals surface area contributed by atoms with E-state index in [9.17, 15) is 14.7 Å². The number of morpholine rings is 1. The third-order valence-corrected chi connectivity index (χ3v) is 6.08. The summed E-state index contributed by atoms with van der Waals surface area (Å²) in [4.78, 5) is 29.8. The molecule has 2 fully saturated rings. The number of aromatic nitrogens is 2.